The molecule has 3 aromatic rings. The van der Waals surface area contributed by atoms with E-state index in [1.165, 1.54) is 13.2 Å². The van der Waals surface area contributed by atoms with Crippen molar-refractivity contribution in [2.24, 2.45) is 0 Å². The number of benzene rings is 3. The largest absolute Gasteiger partial charge is 0.493 e. The molecule has 8 heteroatoms. The molecule has 0 unspecified atom stereocenters. The maximum absolute atomic E-state index is 12.7. The molecular weight excluding hydrogens is 574 g/mol. The number of nitrogens with zero attached hydrogens (tertiary/aromatic N) is 1. The van der Waals surface area contributed by atoms with Crippen molar-refractivity contribution in [2.45, 2.75) is 13.5 Å². The quantitative estimate of drug-likeness (QED) is 0.181. The lowest BCUT2D eigenvalue weighted by molar-refractivity contribution is -0.112. The molecule has 3 aromatic carbocycles. The number of hydrogen-bond acceptors (Lipinski definition) is 4. The van der Waals surface area contributed by atoms with E-state index in [0.717, 1.165) is 14.7 Å². The minimum absolute atomic E-state index is 0.0536. The average molecular weight is 593 g/mol. The summed E-state index contributed by atoms with van der Waals surface area (Å²) >= 11 is 14.2. The Morgan fingerprint density at radius 2 is 1.91 bits per heavy atom. The fourth-order valence-corrected chi connectivity index (χ4v) is 4.03. The normalized spacial score (nSPS) is 11.0. The Morgan fingerprint density at radius 1 is 1.18 bits per heavy atom. The number of ether oxygens (including phenoxy) is 2. The number of nitrogens with one attached hydrogen (secondary N) is 1. The highest BCUT2D eigenvalue weighted by Gasteiger charge is 2.15. The first-order valence-electron chi connectivity index (χ1n) is 9.75. The molecule has 0 bridgehead atoms. The summed E-state index contributed by atoms with van der Waals surface area (Å²) < 4.78 is 12.2. The van der Waals surface area contributed by atoms with Gasteiger partial charge in [-0.05, 0) is 88.7 Å². The van der Waals surface area contributed by atoms with Crippen LogP contribution in [0.5, 0.6) is 11.5 Å². The highest BCUT2D eigenvalue weighted by Crippen LogP contribution is 2.35. The molecule has 1 N–H and O–H groups in total. The zero-order chi connectivity index (χ0) is 24.0. The molecule has 0 aromatic heterocycles. The Morgan fingerprint density at radius 3 is 2.58 bits per heavy atom. The number of hydrogen-bond donors (Lipinski definition) is 1. The molecule has 0 saturated heterocycles. The Kier molecular flexibility index (Phi) is 8.61. The second kappa shape index (κ2) is 11.4. The summed E-state index contributed by atoms with van der Waals surface area (Å²) in [5.74, 6) is 0.535. The van der Waals surface area contributed by atoms with Crippen LogP contribution in [0.3, 0.4) is 0 Å². The second-order valence-electron chi connectivity index (χ2n) is 6.99. The fraction of sp³-hybridized carbons (Fsp3) is 0.120. The number of amides is 1. The fourth-order valence-electron chi connectivity index (χ4n) is 2.95. The summed E-state index contributed by atoms with van der Waals surface area (Å²) in [6, 6.07) is 18.1. The molecule has 0 heterocycles. The lowest BCUT2D eigenvalue weighted by Gasteiger charge is -2.14. The zero-order valence-corrected chi connectivity index (χ0v) is 21.5. The van der Waals surface area contributed by atoms with E-state index in [1.807, 2.05) is 24.3 Å². The monoisotopic (exact) mass is 592 g/mol. The first-order chi connectivity index (χ1) is 15.8. The van der Waals surface area contributed by atoms with Gasteiger partial charge in [-0.2, -0.15) is 5.26 Å². The standard InChI is InChI=1S/C25H19Cl2IN2O3/c1-15-20(27)4-3-5-22(15)30-25(31)18(13-29)10-17-11-21(28)24(23(12-17)32-2)33-14-16-6-8-19(26)9-7-16/h3-12H,14H2,1-2H3,(H,30,31)/b18-10+. The smallest absolute Gasteiger partial charge is 0.266 e. The molecule has 0 aliphatic heterocycles. The van der Waals surface area contributed by atoms with Gasteiger partial charge in [-0.15, -0.1) is 0 Å². The van der Waals surface area contributed by atoms with Crippen LogP contribution < -0.4 is 14.8 Å². The molecule has 0 aliphatic rings. The molecule has 5 nitrogen and oxygen atoms in total. The molecule has 33 heavy (non-hydrogen) atoms. The van der Waals surface area contributed by atoms with Crippen LogP contribution in [-0.2, 0) is 11.4 Å². The SMILES string of the molecule is COc1cc(/C=C(\C#N)C(=O)Nc2cccc(Cl)c2C)cc(I)c1OCc1ccc(Cl)cc1. The highest BCUT2D eigenvalue weighted by molar-refractivity contribution is 14.1. The van der Waals surface area contributed by atoms with Crippen molar-refractivity contribution < 1.29 is 14.3 Å². The van der Waals surface area contributed by atoms with E-state index < -0.39 is 5.91 Å². The molecule has 0 saturated carbocycles. The molecule has 0 spiro atoms. The molecule has 0 aliphatic carbocycles. The van der Waals surface area contributed by atoms with Crippen LogP contribution in [0.25, 0.3) is 6.08 Å². The van der Waals surface area contributed by atoms with E-state index in [0.29, 0.717) is 39.4 Å². The molecule has 0 atom stereocenters. The third-order valence-corrected chi connectivity index (χ3v) is 6.20. The predicted molar refractivity (Wildman–Crippen MR) is 140 cm³/mol. The molecule has 0 radical (unpaired) electrons. The number of carbonyl (C=O) groups excluding carboxylic acids is 1. The van der Waals surface area contributed by atoms with Gasteiger partial charge < -0.3 is 14.8 Å². The third kappa shape index (κ3) is 6.41. The minimum Gasteiger partial charge on any atom is -0.493 e. The van der Waals surface area contributed by atoms with Crippen LogP contribution >= 0.6 is 45.8 Å². The zero-order valence-electron chi connectivity index (χ0n) is 17.8. The van der Waals surface area contributed by atoms with E-state index in [9.17, 15) is 10.1 Å². The van der Waals surface area contributed by atoms with E-state index in [-0.39, 0.29) is 5.57 Å². The van der Waals surface area contributed by atoms with Gasteiger partial charge >= 0.3 is 0 Å². The van der Waals surface area contributed by atoms with Crippen molar-refractivity contribution in [1.29, 1.82) is 5.26 Å². The van der Waals surface area contributed by atoms with Crippen LogP contribution in [0, 0.1) is 21.8 Å². The Hall–Kier alpha value is -2.73. The summed E-state index contributed by atoms with van der Waals surface area (Å²) in [6.07, 6.45) is 1.50. The van der Waals surface area contributed by atoms with Gasteiger partial charge in [-0.25, -0.2) is 0 Å². The Bertz CT molecular complexity index is 1250. The van der Waals surface area contributed by atoms with Gasteiger partial charge in [-0.1, -0.05) is 41.4 Å². The van der Waals surface area contributed by atoms with Crippen molar-refractivity contribution in [3.8, 4) is 17.6 Å². The van der Waals surface area contributed by atoms with Crippen molar-refractivity contribution in [2.75, 3.05) is 12.4 Å². The Balaban J connectivity index is 1.83. The summed E-state index contributed by atoms with van der Waals surface area (Å²) in [6.45, 7) is 2.13. The van der Waals surface area contributed by atoms with Crippen molar-refractivity contribution in [3.05, 3.63) is 90.5 Å². The number of anilines is 1. The lowest BCUT2D eigenvalue weighted by Crippen LogP contribution is -2.14. The summed E-state index contributed by atoms with van der Waals surface area (Å²) in [4.78, 5) is 12.7. The molecular formula is C25H19Cl2IN2O3. The van der Waals surface area contributed by atoms with Gasteiger partial charge in [0.15, 0.2) is 11.5 Å². The van der Waals surface area contributed by atoms with E-state index in [2.05, 4.69) is 27.9 Å². The maximum atomic E-state index is 12.7. The minimum atomic E-state index is -0.528. The predicted octanol–water partition coefficient (Wildman–Crippen LogP) is 7.04. The lowest BCUT2D eigenvalue weighted by atomic mass is 10.1. The molecule has 168 valence electrons. The van der Waals surface area contributed by atoms with Crippen LogP contribution in [0.1, 0.15) is 16.7 Å². The number of nitriles is 1. The molecule has 1 amide bonds. The van der Waals surface area contributed by atoms with Gasteiger partial charge in [0.2, 0.25) is 0 Å². The first kappa shape index (κ1) is 24.9. The number of carbonyl (C=O) groups is 1. The summed E-state index contributed by atoms with van der Waals surface area (Å²) in [5, 5.41) is 13.5. The number of rotatable bonds is 7. The van der Waals surface area contributed by atoms with E-state index >= 15 is 0 Å². The third-order valence-electron chi connectivity index (χ3n) is 4.74. The van der Waals surface area contributed by atoms with Crippen LogP contribution in [0.4, 0.5) is 5.69 Å². The summed E-state index contributed by atoms with van der Waals surface area (Å²) in [7, 11) is 1.54. The Labute approximate surface area is 216 Å². The van der Waals surface area contributed by atoms with Gasteiger partial charge in [0.05, 0.1) is 10.7 Å². The van der Waals surface area contributed by atoms with Crippen LogP contribution in [-0.4, -0.2) is 13.0 Å². The number of halogens is 3. The summed E-state index contributed by atoms with van der Waals surface area (Å²) in [5.41, 5.74) is 2.81. The highest BCUT2D eigenvalue weighted by atomic mass is 127. The van der Waals surface area contributed by atoms with Gasteiger partial charge in [0, 0.05) is 15.7 Å². The first-order valence-corrected chi connectivity index (χ1v) is 11.6. The van der Waals surface area contributed by atoms with Gasteiger partial charge in [0.1, 0.15) is 18.2 Å². The topological polar surface area (TPSA) is 71.3 Å². The van der Waals surface area contributed by atoms with E-state index in [1.54, 1.807) is 43.3 Å². The molecule has 0 fully saturated rings. The van der Waals surface area contributed by atoms with Gasteiger partial charge in [-0.3, -0.25) is 4.79 Å². The molecule has 3 rings (SSSR count). The average Bonchev–Trinajstić information content (AvgIpc) is 2.80. The maximum Gasteiger partial charge on any atom is 0.266 e. The second-order valence-corrected chi connectivity index (χ2v) is 8.99. The van der Waals surface area contributed by atoms with Crippen LogP contribution in [0.15, 0.2) is 60.2 Å². The van der Waals surface area contributed by atoms with E-state index in [4.69, 9.17) is 32.7 Å². The van der Waals surface area contributed by atoms with Gasteiger partial charge in [0.25, 0.3) is 5.91 Å². The van der Waals surface area contributed by atoms with Crippen molar-refractivity contribution in [3.63, 3.8) is 0 Å². The van der Waals surface area contributed by atoms with Crippen molar-refractivity contribution >= 4 is 63.5 Å². The number of methoxy groups -OCH3 is 1. The van der Waals surface area contributed by atoms with Crippen molar-refractivity contribution in [1.82, 2.24) is 0 Å². The van der Waals surface area contributed by atoms with Crippen LogP contribution in [0.2, 0.25) is 10.0 Å².